The largest absolute Gasteiger partial charge is 0.472 e. The molecule has 0 aromatic rings. The SMILES string of the molecule is CCCCCCCC/C=C/CCCCCCCCCC(=O)O[C@@H](COC(=O)CCCCCCCCCCCCCCCCCCCCC)COP(=O)(O)OC1C(O)C(O)C(O)[C@H](O)C1O. The Morgan fingerprint density at radius 1 is 0.462 bits per heavy atom. The van der Waals surface area contributed by atoms with Gasteiger partial charge in [-0.1, -0.05) is 206 Å². The molecule has 1 aliphatic carbocycles. The molecule has 0 aromatic carbocycles. The number of carbonyl (C=O) groups excluding carboxylic acids is 2. The first-order chi connectivity index (χ1) is 31.4. The number of ether oxygens (including phenoxy) is 2. The average Bonchev–Trinajstić information content (AvgIpc) is 3.29. The Labute approximate surface area is 394 Å². The van der Waals surface area contributed by atoms with Gasteiger partial charge in [0.25, 0.3) is 0 Å². The molecule has 0 aliphatic heterocycles. The van der Waals surface area contributed by atoms with Crippen LogP contribution in [0.15, 0.2) is 12.2 Å². The van der Waals surface area contributed by atoms with Crippen LogP contribution in [0.1, 0.15) is 245 Å². The van der Waals surface area contributed by atoms with E-state index in [9.17, 15) is 44.6 Å². The summed E-state index contributed by atoms with van der Waals surface area (Å²) < 4.78 is 33.7. The highest BCUT2D eigenvalue weighted by atomic mass is 31.2. The van der Waals surface area contributed by atoms with Gasteiger partial charge in [0.1, 0.15) is 43.2 Å². The van der Waals surface area contributed by atoms with Crippen LogP contribution in [0.2, 0.25) is 0 Å². The van der Waals surface area contributed by atoms with Gasteiger partial charge in [0.05, 0.1) is 6.61 Å². The number of esters is 2. The minimum absolute atomic E-state index is 0.0963. The fourth-order valence-corrected chi connectivity index (χ4v) is 9.32. The lowest BCUT2D eigenvalue weighted by Gasteiger charge is -2.41. The highest BCUT2D eigenvalue weighted by Crippen LogP contribution is 2.47. The van der Waals surface area contributed by atoms with Crippen molar-refractivity contribution in [2.75, 3.05) is 13.2 Å². The van der Waals surface area contributed by atoms with Crippen molar-refractivity contribution < 1.29 is 63.1 Å². The molecule has 8 atom stereocenters. The minimum atomic E-state index is -5.12. The van der Waals surface area contributed by atoms with Gasteiger partial charge >= 0.3 is 19.8 Å². The van der Waals surface area contributed by atoms with E-state index in [1.54, 1.807) is 0 Å². The van der Waals surface area contributed by atoms with Crippen LogP contribution >= 0.6 is 7.82 Å². The van der Waals surface area contributed by atoms with Crippen LogP contribution in [0.5, 0.6) is 0 Å². The van der Waals surface area contributed by atoms with Gasteiger partial charge in [-0.3, -0.25) is 18.6 Å². The van der Waals surface area contributed by atoms with E-state index in [4.69, 9.17) is 18.5 Å². The summed E-state index contributed by atoms with van der Waals surface area (Å²) in [5, 5.41) is 50.3. The van der Waals surface area contributed by atoms with Gasteiger partial charge in [-0.25, -0.2) is 4.57 Å². The number of carbonyl (C=O) groups is 2. The van der Waals surface area contributed by atoms with Crippen LogP contribution in [0.25, 0.3) is 0 Å². The van der Waals surface area contributed by atoms with E-state index >= 15 is 0 Å². The van der Waals surface area contributed by atoms with Crippen LogP contribution in [-0.4, -0.2) is 98.3 Å². The minimum Gasteiger partial charge on any atom is -0.462 e. The predicted octanol–water partition coefficient (Wildman–Crippen LogP) is 11.4. The van der Waals surface area contributed by atoms with E-state index in [1.165, 1.54) is 154 Å². The second-order valence-corrected chi connectivity index (χ2v) is 20.1. The van der Waals surface area contributed by atoms with Gasteiger partial charge < -0.3 is 39.9 Å². The van der Waals surface area contributed by atoms with Crippen molar-refractivity contribution in [2.24, 2.45) is 0 Å². The van der Waals surface area contributed by atoms with Crippen molar-refractivity contribution in [1.29, 1.82) is 0 Å². The topological polar surface area (TPSA) is 210 Å². The Morgan fingerprint density at radius 3 is 1.17 bits per heavy atom. The highest BCUT2D eigenvalue weighted by Gasteiger charge is 2.51. The standard InChI is InChI=1S/C51H97O13P/c1-3-5-7-9-11-13-15-17-19-21-22-24-25-27-29-31-33-35-37-39-44(52)61-41-43(42-62-65(59,60)64-51-49(57)47(55)46(54)48(56)50(51)58)63-45(53)40-38-36-34-32-30-28-26-23-20-18-16-14-12-10-8-6-4-2/h18,20,43,46-51,54-58H,3-17,19,21-42H2,1-2H3,(H,59,60)/b20-18+/t43-,46?,47-,48?,49?,50?,51?/m0/s1. The Hall–Kier alpha value is -1.41. The molecule has 1 saturated carbocycles. The number of phosphoric acid groups is 1. The summed E-state index contributed by atoms with van der Waals surface area (Å²) in [7, 11) is -5.12. The Morgan fingerprint density at radius 2 is 0.785 bits per heavy atom. The second-order valence-electron chi connectivity index (χ2n) is 18.7. The maximum absolute atomic E-state index is 12.9. The van der Waals surface area contributed by atoms with Gasteiger partial charge in [-0.05, 0) is 38.5 Å². The predicted molar refractivity (Wildman–Crippen MR) is 258 cm³/mol. The normalized spacial score (nSPS) is 21.4. The molecule has 13 nitrogen and oxygen atoms in total. The van der Waals surface area contributed by atoms with E-state index in [1.807, 2.05) is 0 Å². The van der Waals surface area contributed by atoms with Crippen molar-refractivity contribution in [1.82, 2.24) is 0 Å². The monoisotopic (exact) mass is 949 g/mol. The van der Waals surface area contributed by atoms with Crippen LogP contribution in [0.4, 0.5) is 0 Å². The summed E-state index contributed by atoms with van der Waals surface area (Å²) >= 11 is 0. The molecule has 1 rings (SSSR count). The maximum atomic E-state index is 12.9. The lowest BCUT2D eigenvalue weighted by molar-refractivity contribution is -0.220. The third-order valence-electron chi connectivity index (χ3n) is 12.6. The van der Waals surface area contributed by atoms with Gasteiger partial charge in [0.2, 0.25) is 0 Å². The first kappa shape index (κ1) is 61.6. The van der Waals surface area contributed by atoms with E-state index in [-0.39, 0.29) is 12.8 Å². The average molecular weight is 949 g/mol. The smallest absolute Gasteiger partial charge is 0.462 e. The first-order valence-electron chi connectivity index (χ1n) is 26.5. The third kappa shape index (κ3) is 33.7. The zero-order chi connectivity index (χ0) is 47.8. The number of allylic oxidation sites excluding steroid dienone is 2. The van der Waals surface area contributed by atoms with Gasteiger partial charge in [0.15, 0.2) is 6.10 Å². The Balaban J connectivity index is 2.37. The molecule has 0 radical (unpaired) electrons. The van der Waals surface area contributed by atoms with Gasteiger partial charge in [0, 0.05) is 12.8 Å². The molecular formula is C51H97O13P. The fraction of sp³-hybridized carbons (Fsp3) is 0.922. The zero-order valence-electron chi connectivity index (χ0n) is 41.1. The molecule has 14 heteroatoms. The van der Waals surface area contributed by atoms with Gasteiger partial charge in [-0.15, -0.1) is 0 Å². The molecule has 0 saturated heterocycles. The van der Waals surface area contributed by atoms with Crippen molar-refractivity contribution in [3.63, 3.8) is 0 Å². The quantitative estimate of drug-likeness (QED) is 0.0145. The summed E-state index contributed by atoms with van der Waals surface area (Å²) in [5.41, 5.74) is 0. The van der Waals surface area contributed by atoms with Crippen LogP contribution in [0, 0.1) is 0 Å². The lowest BCUT2D eigenvalue weighted by atomic mass is 9.85. The molecule has 0 heterocycles. The maximum Gasteiger partial charge on any atom is 0.472 e. The number of aliphatic hydroxyl groups excluding tert-OH is 5. The van der Waals surface area contributed by atoms with Crippen molar-refractivity contribution in [3.05, 3.63) is 12.2 Å². The van der Waals surface area contributed by atoms with Crippen molar-refractivity contribution in [3.8, 4) is 0 Å². The number of unbranched alkanes of at least 4 members (excludes halogenated alkanes) is 31. The number of phosphoric ester groups is 1. The molecule has 384 valence electrons. The molecule has 0 amide bonds. The summed E-state index contributed by atoms with van der Waals surface area (Å²) in [6.07, 6.45) is 32.6. The van der Waals surface area contributed by atoms with E-state index < -0.39 is 75.7 Å². The molecule has 1 aliphatic rings. The summed E-state index contributed by atoms with van der Waals surface area (Å²) in [6, 6.07) is 0. The van der Waals surface area contributed by atoms with Crippen LogP contribution < -0.4 is 0 Å². The van der Waals surface area contributed by atoms with Gasteiger partial charge in [-0.2, -0.15) is 0 Å². The second kappa shape index (κ2) is 41.6. The number of hydrogen-bond acceptors (Lipinski definition) is 12. The van der Waals surface area contributed by atoms with Crippen molar-refractivity contribution >= 4 is 19.8 Å². The first-order valence-corrected chi connectivity index (χ1v) is 28.0. The molecule has 65 heavy (non-hydrogen) atoms. The van der Waals surface area contributed by atoms with Crippen LogP contribution in [0.3, 0.4) is 0 Å². The van der Waals surface area contributed by atoms with E-state index in [0.29, 0.717) is 12.8 Å². The Bertz CT molecular complexity index is 1190. The third-order valence-corrected chi connectivity index (χ3v) is 13.6. The van der Waals surface area contributed by atoms with E-state index in [2.05, 4.69) is 26.0 Å². The fourth-order valence-electron chi connectivity index (χ4n) is 8.34. The summed E-state index contributed by atoms with van der Waals surface area (Å²) in [6.45, 7) is 3.34. The molecule has 0 spiro atoms. The Kier molecular flexibility index (Phi) is 39.4. The van der Waals surface area contributed by atoms with E-state index in [0.717, 1.165) is 51.4 Å². The van der Waals surface area contributed by atoms with Crippen LogP contribution in [-0.2, 0) is 32.7 Å². The molecule has 6 unspecified atom stereocenters. The number of rotatable bonds is 45. The number of aliphatic hydroxyl groups is 5. The molecule has 6 N–H and O–H groups in total. The van der Waals surface area contributed by atoms with Crippen molar-refractivity contribution in [2.45, 2.75) is 288 Å². The molecular weight excluding hydrogens is 852 g/mol. The molecule has 0 aromatic heterocycles. The highest BCUT2D eigenvalue weighted by molar-refractivity contribution is 7.47. The summed E-state index contributed by atoms with van der Waals surface area (Å²) in [4.78, 5) is 35.8. The lowest BCUT2D eigenvalue weighted by Crippen LogP contribution is -2.64. The zero-order valence-corrected chi connectivity index (χ0v) is 41.9. The molecule has 1 fully saturated rings. The molecule has 0 bridgehead atoms. The summed E-state index contributed by atoms with van der Waals surface area (Å²) in [5.74, 6) is -1.09. The number of hydrogen-bond donors (Lipinski definition) is 6.